The van der Waals surface area contributed by atoms with E-state index in [-0.39, 0.29) is 5.41 Å². The lowest BCUT2D eigenvalue weighted by Crippen LogP contribution is -2.13. The highest BCUT2D eigenvalue weighted by Gasteiger charge is 2.18. The summed E-state index contributed by atoms with van der Waals surface area (Å²) in [5, 5.41) is 1.12. The van der Waals surface area contributed by atoms with Gasteiger partial charge in [-0.25, -0.2) is 0 Å². The summed E-state index contributed by atoms with van der Waals surface area (Å²) in [5.74, 6) is 0. The van der Waals surface area contributed by atoms with Crippen molar-refractivity contribution >= 4 is 11.0 Å². The maximum Gasteiger partial charge on any atom is 0.137 e. The molecule has 0 N–H and O–H groups in total. The predicted molar refractivity (Wildman–Crippen MR) is 52.7 cm³/mol. The van der Waals surface area contributed by atoms with E-state index in [0.29, 0.717) is 0 Å². The lowest BCUT2D eigenvalue weighted by molar-refractivity contribution is 0.573. The van der Waals surface area contributed by atoms with Gasteiger partial charge in [-0.15, -0.1) is 0 Å². The molecule has 0 amide bonds. The molecule has 0 unspecified atom stereocenters. The quantitative estimate of drug-likeness (QED) is 0.614. The van der Waals surface area contributed by atoms with E-state index < -0.39 is 0 Å². The number of hydrogen-bond donors (Lipinski definition) is 0. The molecule has 2 rings (SSSR count). The van der Waals surface area contributed by atoms with Crippen molar-refractivity contribution in [3.8, 4) is 0 Å². The molecule has 0 saturated carbocycles. The molecule has 0 atom stereocenters. The summed E-state index contributed by atoms with van der Waals surface area (Å²) in [6.07, 6.45) is 3.51. The normalized spacial score (nSPS) is 12.2. The van der Waals surface area contributed by atoms with Crippen LogP contribution in [0.3, 0.4) is 0 Å². The lowest BCUT2D eigenvalue weighted by atomic mass is 9.90. The number of fused-ring (bicyclic) bond motifs is 1. The fraction of sp³-hybridized carbons (Fsp3) is 0.364. The molecule has 0 aliphatic rings. The standard InChI is InChI=1S/C11H13NO/c1-11(2,3)10-8-5-7-13-9(8)4-6-12-10/h4-7H,1-3H3. The number of hydrogen-bond acceptors (Lipinski definition) is 2. The molecule has 2 heterocycles. The molecule has 0 aliphatic heterocycles. The van der Waals surface area contributed by atoms with Gasteiger partial charge in [-0.05, 0) is 12.1 Å². The Balaban J connectivity index is 2.75. The fourth-order valence-corrected chi connectivity index (χ4v) is 1.49. The van der Waals surface area contributed by atoms with E-state index in [2.05, 4.69) is 25.8 Å². The molecule has 2 heteroatoms. The van der Waals surface area contributed by atoms with Crippen LogP contribution in [0.2, 0.25) is 0 Å². The van der Waals surface area contributed by atoms with Crippen LogP contribution < -0.4 is 0 Å². The van der Waals surface area contributed by atoms with Crippen molar-refractivity contribution in [2.75, 3.05) is 0 Å². The van der Waals surface area contributed by atoms with E-state index in [1.807, 2.05) is 12.1 Å². The van der Waals surface area contributed by atoms with Gasteiger partial charge in [-0.3, -0.25) is 4.98 Å². The fourth-order valence-electron chi connectivity index (χ4n) is 1.49. The smallest absolute Gasteiger partial charge is 0.137 e. The highest BCUT2D eigenvalue weighted by Crippen LogP contribution is 2.28. The van der Waals surface area contributed by atoms with Gasteiger partial charge in [0.15, 0.2) is 0 Å². The second-order valence-corrected chi connectivity index (χ2v) is 4.24. The van der Waals surface area contributed by atoms with Gasteiger partial charge in [0.2, 0.25) is 0 Å². The van der Waals surface area contributed by atoms with Crippen molar-refractivity contribution in [1.82, 2.24) is 4.98 Å². The molecule has 0 fully saturated rings. The summed E-state index contributed by atoms with van der Waals surface area (Å²) in [7, 11) is 0. The number of aromatic nitrogens is 1. The Morgan fingerprint density at radius 2 is 2.00 bits per heavy atom. The molecule has 2 nitrogen and oxygen atoms in total. The molecule has 0 aliphatic carbocycles. The third-order valence-corrected chi connectivity index (χ3v) is 2.09. The van der Waals surface area contributed by atoms with Gasteiger partial charge < -0.3 is 4.42 Å². The zero-order chi connectivity index (χ0) is 9.47. The molecule has 68 valence electrons. The van der Waals surface area contributed by atoms with Crippen LogP contribution in [-0.4, -0.2) is 4.98 Å². The number of rotatable bonds is 0. The topological polar surface area (TPSA) is 26.0 Å². The number of nitrogens with zero attached hydrogens (tertiary/aromatic N) is 1. The third-order valence-electron chi connectivity index (χ3n) is 2.09. The van der Waals surface area contributed by atoms with Crippen molar-refractivity contribution in [3.63, 3.8) is 0 Å². The first-order chi connectivity index (χ1) is 6.09. The molecule has 0 aromatic carbocycles. The summed E-state index contributed by atoms with van der Waals surface area (Å²) in [4.78, 5) is 4.39. The maximum absolute atomic E-state index is 5.31. The number of furan rings is 1. The zero-order valence-electron chi connectivity index (χ0n) is 8.16. The highest BCUT2D eigenvalue weighted by atomic mass is 16.3. The van der Waals surface area contributed by atoms with Crippen LogP contribution in [0.25, 0.3) is 11.0 Å². The Bertz CT molecular complexity index is 423. The first-order valence-electron chi connectivity index (χ1n) is 4.42. The Morgan fingerprint density at radius 1 is 1.23 bits per heavy atom. The Kier molecular flexibility index (Phi) is 1.65. The largest absolute Gasteiger partial charge is 0.464 e. The molecule has 13 heavy (non-hydrogen) atoms. The van der Waals surface area contributed by atoms with Crippen LogP contribution in [-0.2, 0) is 5.41 Å². The van der Waals surface area contributed by atoms with Crippen LogP contribution in [0.15, 0.2) is 29.0 Å². The van der Waals surface area contributed by atoms with E-state index in [9.17, 15) is 0 Å². The molecule has 0 saturated heterocycles. The summed E-state index contributed by atoms with van der Waals surface area (Å²) in [6, 6.07) is 3.87. The number of pyridine rings is 1. The summed E-state index contributed by atoms with van der Waals surface area (Å²) in [5.41, 5.74) is 2.09. The third kappa shape index (κ3) is 1.32. The minimum atomic E-state index is 0.0728. The highest BCUT2D eigenvalue weighted by molar-refractivity contribution is 5.80. The predicted octanol–water partition coefficient (Wildman–Crippen LogP) is 3.13. The van der Waals surface area contributed by atoms with Crippen molar-refractivity contribution in [3.05, 3.63) is 30.3 Å². The van der Waals surface area contributed by atoms with Crippen molar-refractivity contribution in [2.24, 2.45) is 0 Å². The summed E-state index contributed by atoms with van der Waals surface area (Å²) < 4.78 is 5.31. The van der Waals surface area contributed by atoms with Gasteiger partial charge in [-0.2, -0.15) is 0 Å². The Hall–Kier alpha value is -1.31. The minimum Gasteiger partial charge on any atom is -0.464 e. The molecule has 0 radical (unpaired) electrons. The van der Waals surface area contributed by atoms with Crippen LogP contribution in [0.5, 0.6) is 0 Å². The van der Waals surface area contributed by atoms with Crippen molar-refractivity contribution in [2.45, 2.75) is 26.2 Å². The zero-order valence-corrected chi connectivity index (χ0v) is 8.16. The second-order valence-electron chi connectivity index (χ2n) is 4.24. The second kappa shape index (κ2) is 2.59. The maximum atomic E-state index is 5.31. The summed E-state index contributed by atoms with van der Waals surface area (Å²) in [6.45, 7) is 6.46. The van der Waals surface area contributed by atoms with Crippen molar-refractivity contribution in [1.29, 1.82) is 0 Å². The molecule has 2 aromatic rings. The molecular weight excluding hydrogens is 162 g/mol. The molecule has 2 aromatic heterocycles. The SMILES string of the molecule is CC(C)(C)c1nccc2occc12. The van der Waals surface area contributed by atoms with Gasteiger partial charge in [0, 0.05) is 17.0 Å². The van der Waals surface area contributed by atoms with E-state index in [1.54, 1.807) is 12.5 Å². The average Bonchev–Trinajstić information content (AvgIpc) is 2.48. The van der Waals surface area contributed by atoms with Gasteiger partial charge >= 0.3 is 0 Å². The first-order valence-corrected chi connectivity index (χ1v) is 4.42. The molecular formula is C11H13NO. The van der Waals surface area contributed by atoms with Crippen molar-refractivity contribution < 1.29 is 4.42 Å². The van der Waals surface area contributed by atoms with Gasteiger partial charge in [0.05, 0.1) is 12.0 Å². The monoisotopic (exact) mass is 175 g/mol. The Morgan fingerprint density at radius 3 is 2.69 bits per heavy atom. The van der Waals surface area contributed by atoms with E-state index in [4.69, 9.17) is 4.42 Å². The van der Waals surface area contributed by atoms with Gasteiger partial charge in [0.25, 0.3) is 0 Å². The Labute approximate surface area is 77.6 Å². The van der Waals surface area contributed by atoms with Gasteiger partial charge in [0.1, 0.15) is 5.58 Å². The lowest BCUT2D eigenvalue weighted by Gasteiger charge is -2.17. The van der Waals surface area contributed by atoms with Crippen LogP contribution in [0.1, 0.15) is 26.5 Å². The first kappa shape index (κ1) is 8.30. The molecule has 0 spiro atoms. The summed E-state index contributed by atoms with van der Waals surface area (Å²) >= 11 is 0. The van der Waals surface area contributed by atoms with Crippen LogP contribution in [0.4, 0.5) is 0 Å². The minimum absolute atomic E-state index is 0.0728. The van der Waals surface area contributed by atoms with Crippen LogP contribution in [0, 0.1) is 0 Å². The van der Waals surface area contributed by atoms with E-state index in [0.717, 1.165) is 16.7 Å². The average molecular weight is 175 g/mol. The van der Waals surface area contributed by atoms with Gasteiger partial charge in [-0.1, -0.05) is 20.8 Å². The van der Waals surface area contributed by atoms with Crippen LogP contribution >= 0.6 is 0 Å². The molecule has 0 bridgehead atoms. The van der Waals surface area contributed by atoms with E-state index in [1.165, 1.54) is 0 Å². The van der Waals surface area contributed by atoms with E-state index >= 15 is 0 Å².